The average Bonchev–Trinajstić information content (AvgIpc) is 2.86. The van der Waals surface area contributed by atoms with Gasteiger partial charge in [0.05, 0.1) is 12.3 Å². The number of oxime groups is 1. The average molecular weight is 421 g/mol. The Morgan fingerprint density at radius 3 is 2.90 bits per heavy atom. The summed E-state index contributed by atoms with van der Waals surface area (Å²) in [6, 6.07) is 5.29. The van der Waals surface area contributed by atoms with Crippen LogP contribution in [0, 0.1) is 0 Å². The molecule has 1 aromatic heterocycles. The maximum atomic E-state index is 13.1. The highest BCUT2D eigenvalue weighted by atomic mass is 19.4. The molecule has 158 valence electrons. The van der Waals surface area contributed by atoms with Crippen molar-refractivity contribution in [3.63, 3.8) is 0 Å². The quantitative estimate of drug-likeness (QED) is 0.765. The van der Waals surface area contributed by atoms with E-state index >= 15 is 0 Å². The molecule has 0 saturated carbocycles. The molecule has 0 saturated heterocycles. The number of carbonyl (C=O) groups is 1. The molecule has 11 heteroatoms. The third-order valence-corrected chi connectivity index (χ3v) is 4.83. The maximum absolute atomic E-state index is 13.1. The van der Waals surface area contributed by atoms with Gasteiger partial charge in [-0.2, -0.15) is 13.2 Å². The number of halogens is 3. The lowest BCUT2D eigenvalue weighted by Gasteiger charge is -2.24. The van der Waals surface area contributed by atoms with Crippen molar-refractivity contribution in [2.45, 2.75) is 25.4 Å². The fourth-order valence-corrected chi connectivity index (χ4v) is 3.50. The molecule has 30 heavy (non-hydrogen) atoms. The Morgan fingerprint density at radius 2 is 2.10 bits per heavy atom. The van der Waals surface area contributed by atoms with Crippen molar-refractivity contribution in [3.8, 4) is 5.88 Å². The molecule has 4 rings (SSSR count). The Bertz CT molecular complexity index is 1010. The van der Waals surface area contributed by atoms with Crippen molar-refractivity contribution in [2.24, 2.45) is 5.16 Å². The number of rotatable bonds is 3. The molecular weight excluding hydrogens is 403 g/mol. The van der Waals surface area contributed by atoms with E-state index in [9.17, 15) is 18.0 Å². The number of nitrogens with zero attached hydrogens (tertiary/aromatic N) is 4. The second-order valence-electron chi connectivity index (χ2n) is 6.87. The molecule has 2 aliphatic rings. The van der Waals surface area contributed by atoms with Crippen molar-refractivity contribution in [1.82, 2.24) is 9.97 Å². The summed E-state index contributed by atoms with van der Waals surface area (Å²) in [6.07, 6.45) is -1.27. The largest absolute Gasteiger partial charge is 0.475 e. The van der Waals surface area contributed by atoms with Gasteiger partial charge in [-0.25, -0.2) is 9.97 Å². The molecule has 0 unspecified atom stereocenters. The molecule has 2 aromatic rings. The van der Waals surface area contributed by atoms with E-state index in [-0.39, 0.29) is 36.3 Å². The van der Waals surface area contributed by atoms with Gasteiger partial charge in [-0.3, -0.25) is 4.79 Å². The Morgan fingerprint density at radius 1 is 1.27 bits per heavy atom. The zero-order valence-electron chi connectivity index (χ0n) is 15.8. The predicted molar refractivity (Wildman–Crippen MR) is 102 cm³/mol. The van der Waals surface area contributed by atoms with E-state index < -0.39 is 12.8 Å². The van der Waals surface area contributed by atoms with Crippen LogP contribution >= 0.6 is 0 Å². The number of nitrogen functional groups attached to an aromatic ring is 1. The van der Waals surface area contributed by atoms with Crippen LogP contribution in [0.15, 0.2) is 29.7 Å². The number of aryl methyl sites for hydroxylation is 1. The fraction of sp³-hybridized carbons (Fsp3) is 0.368. The van der Waals surface area contributed by atoms with Gasteiger partial charge < -0.3 is 20.2 Å². The van der Waals surface area contributed by atoms with Crippen LogP contribution in [0.1, 0.15) is 34.3 Å². The van der Waals surface area contributed by atoms with Crippen LogP contribution < -0.4 is 15.4 Å². The number of amides is 1. The van der Waals surface area contributed by atoms with E-state index in [4.69, 9.17) is 10.5 Å². The van der Waals surface area contributed by atoms with Crippen LogP contribution in [0.5, 0.6) is 5.88 Å². The summed E-state index contributed by atoms with van der Waals surface area (Å²) in [7, 11) is 0. The first-order chi connectivity index (χ1) is 14.3. The van der Waals surface area contributed by atoms with Gasteiger partial charge in [-0.15, -0.1) is 0 Å². The maximum Gasteiger partial charge on any atom is 0.425 e. The number of fused-ring (bicyclic) bond motifs is 2. The standard InChI is InChI=1S/C19H18F3N5O3/c20-19(21,22)9-30-26-14-3-1-2-11-8-12(4-5-13(11)14)27-6-7-29-17-15(18(27)28)16(23)24-10-25-17/h4-5,8,10H,1-3,6-7,9H2,(H2,23,24,25)/b26-14-. The number of alkyl halides is 3. The smallest absolute Gasteiger partial charge is 0.425 e. The van der Waals surface area contributed by atoms with Gasteiger partial charge in [0.1, 0.15) is 24.3 Å². The number of aromatic nitrogens is 2. The molecule has 8 nitrogen and oxygen atoms in total. The molecule has 0 spiro atoms. The Hall–Kier alpha value is -3.37. The van der Waals surface area contributed by atoms with Gasteiger partial charge in [0.25, 0.3) is 5.91 Å². The van der Waals surface area contributed by atoms with E-state index in [0.29, 0.717) is 36.2 Å². The topological polar surface area (TPSA) is 103 Å². The van der Waals surface area contributed by atoms with Crippen molar-refractivity contribution in [2.75, 3.05) is 30.4 Å². The molecule has 1 amide bonds. The Balaban J connectivity index is 1.62. The van der Waals surface area contributed by atoms with Crippen LogP contribution in [0.25, 0.3) is 0 Å². The zero-order valence-corrected chi connectivity index (χ0v) is 15.8. The minimum Gasteiger partial charge on any atom is -0.475 e. The van der Waals surface area contributed by atoms with Crippen LogP contribution in [0.3, 0.4) is 0 Å². The van der Waals surface area contributed by atoms with Crippen molar-refractivity contribution >= 4 is 23.1 Å². The number of anilines is 2. The Kier molecular flexibility index (Phi) is 5.18. The third kappa shape index (κ3) is 4.00. The van der Waals surface area contributed by atoms with Crippen LogP contribution in [-0.2, 0) is 11.3 Å². The van der Waals surface area contributed by atoms with E-state index in [0.717, 1.165) is 5.56 Å². The molecule has 0 atom stereocenters. The monoisotopic (exact) mass is 421 g/mol. The first kappa shape index (κ1) is 19.9. The van der Waals surface area contributed by atoms with E-state index in [1.165, 1.54) is 11.2 Å². The number of nitrogens with two attached hydrogens (primary N) is 1. The van der Waals surface area contributed by atoms with Gasteiger partial charge in [0, 0.05) is 11.3 Å². The minimum atomic E-state index is -4.44. The molecule has 0 radical (unpaired) electrons. The highest BCUT2D eigenvalue weighted by Gasteiger charge is 2.30. The van der Waals surface area contributed by atoms with Crippen molar-refractivity contribution < 1.29 is 27.5 Å². The molecule has 0 fully saturated rings. The highest BCUT2D eigenvalue weighted by molar-refractivity contribution is 6.11. The lowest BCUT2D eigenvalue weighted by Crippen LogP contribution is -2.33. The highest BCUT2D eigenvalue weighted by Crippen LogP contribution is 2.31. The summed E-state index contributed by atoms with van der Waals surface area (Å²) < 4.78 is 42.5. The normalized spacial score (nSPS) is 17.8. The van der Waals surface area contributed by atoms with Gasteiger partial charge in [-0.1, -0.05) is 11.2 Å². The molecule has 1 aliphatic carbocycles. The van der Waals surface area contributed by atoms with E-state index in [1.54, 1.807) is 12.1 Å². The number of carbonyl (C=O) groups excluding carboxylic acids is 1. The van der Waals surface area contributed by atoms with Crippen molar-refractivity contribution in [1.29, 1.82) is 0 Å². The SMILES string of the molecule is Nc1ncnc2c1C(=O)N(c1ccc3c(c1)CCC/C3=N/OCC(F)(F)F)CCO2. The second kappa shape index (κ2) is 7.81. The first-order valence-electron chi connectivity index (χ1n) is 9.27. The van der Waals surface area contributed by atoms with Gasteiger partial charge >= 0.3 is 6.18 Å². The zero-order chi connectivity index (χ0) is 21.3. The third-order valence-electron chi connectivity index (χ3n) is 4.83. The van der Waals surface area contributed by atoms with Crippen LogP contribution in [-0.4, -0.2) is 47.5 Å². The summed E-state index contributed by atoms with van der Waals surface area (Å²) in [5.74, 6) is -0.200. The molecule has 1 aliphatic heterocycles. The van der Waals surface area contributed by atoms with Crippen LogP contribution in [0.4, 0.5) is 24.7 Å². The lowest BCUT2D eigenvalue weighted by molar-refractivity contribution is -0.173. The number of hydrogen-bond acceptors (Lipinski definition) is 7. The molecule has 2 heterocycles. The number of hydrogen-bond donors (Lipinski definition) is 1. The van der Waals surface area contributed by atoms with Gasteiger partial charge in [0.15, 0.2) is 0 Å². The fourth-order valence-electron chi connectivity index (χ4n) is 3.50. The van der Waals surface area contributed by atoms with Gasteiger partial charge in [-0.05, 0) is 37.0 Å². The first-order valence-corrected chi connectivity index (χ1v) is 9.27. The number of benzene rings is 1. The summed E-state index contributed by atoms with van der Waals surface area (Å²) in [4.78, 5) is 26.9. The molecule has 2 N–H and O–H groups in total. The lowest BCUT2D eigenvalue weighted by atomic mass is 9.89. The predicted octanol–water partition coefficient (Wildman–Crippen LogP) is 2.72. The minimum absolute atomic E-state index is 0.0334. The second-order valence-corrected chi connectivity index (χ2v) is 6.87. The summed E-state index contributed by atoms with van der Waals surface area (Å²) >= 11 is 0. The number of ether oxygens (including phenoxy) is 1. The van der Waals surface area contributed by atoms with E-state index in [1.807, 2.05) is 6.07 Å². The molecular formula is C19H18F3N5O3. The van der Waals surface area contributed by atoms with Gasteiger partial charge in [0.2, 0.25) is 12.5 Å². The van der Waals surface area contributed by atoms with E-state index in [2.05, 4.69) is 20.0 Å². The molecule has 0 bridgehead atoms. The molecule has 1 aromatic carbocycles. The van der Waals surface area contributed by atoms with Crippen molar-refractivity contribution in [3.05, 3.63) is 41.2 Å². The summed E-state index contributed by atoms with van der Waals surface area (Å²) in [5, 5.41) is 3.69. The summed E-state index contributed by atoms with van der Waals surface area (Å²) in [5.41, 5.74) is 8.64. The van der Waals surface area contributed by atoms with Crippen LogP contribution in [0.2, 0.25) is 0 Å². The summed E-state index contributed by atoms with van der Waals surface area (Å²) in [6.45, 7) is -0.928. The Labute approximate surface area is 169 Å².